The highest BCUT2D eigenvalue weighted by Gasteiger charge is 2.10. The molecule has 0 amide bonds. The van der Waals surface area contributed by atoms with Gasteiger partial charge in [-0.25, -0.2) is 4.98 Å². The van der Waals surface area contributed by atoms with E-state index < -0.39 is 10.8 Å². The number of hydrogen-bond acceptors (Lipinski definition) is 2. The normalized spacial score (nSPS) is 13.1. The van der Waals surface area contributed by atoms with Crippen molar-refractivity contribution in [2.45, 2.75) is 19.3 Å². The zero-order chi connectivity index (χ0) is 12.4. The molecule has 0 spiro atoms. The van der Waals surface area contributed by atoms with Gasteiger partial charge in [-0.05, 0) is 24.6 Å². The fraction of sp³-hybridized carbons (Fsp3) is 0.417. The van der Waals surface area contributed by atoms with E-state index in [1.165, 1.54) is 5.56 Å². The van der Waals surface area contributed by atoms with Gasteiger partial charge in [-0.2, -0.15) is 0 Å². The van der Waals surface area contributed by atoms with Gasteiger partial charge in [-0.1, -0.05) is 6.07 Å². The number of hydrogen-bond donors (Lipinski definition) is 0. The Labute approximate surface area is 108 Å². The maximum Gasteiger partial charge on any atom is 0.124 e. The summed E-state index contributed by atoms with van der Waals surface area (Å²) in [4.78, 5) is 4.50. The molecule has 1 aromatic carbocycles. The third-order valence-electron chi connectivity index (χ3n) is 2.70. The number of alkyl halides is 1. The summed E-state index contributed by atoms with van der Waals surface area (Å²) in [5, 5.41) is 0. The first kappa shape index (κ1) is 12.6. The van der Waals surface area contributed by atoms with Crippen molar-refractivity contribution >= 4 is 33.4 Å². The summed E-state index contributed by atoms with van der Waals surface area (Å²) < 4.78 is 13.2. The summed E-state index contributed by atoms with van der Waals surface area (Å²) in [6.45, 7) is 2.74. The third-order valence-corrected chi connectivity index (χ3v) is 3.70. The molecule has 0 saturated heterocycles. The predicted molar refractivity (Wildman–Crippen MR) is 73.0 cm³/mol. The minimum absolute atomic E-state index is 0.379. The standard InChI is InChI=1S/C12H15ClN2OS/c1-9-3-4-11-10(7-9)14-12(8-13)15(11)5-6-17(2)16/h3-4,7H,5-6,8H2,1-2H3. The Bertz CT molecular complexity index is 565. The lowest BCUT2D eigenvalue weighted by molar-refractivity contribution is 0.676. The number of halogens is 1. The highest BCUT2D eigenvalue weighted by molar-refractivity contribution is 7.84. The number of rotatable bonds is 4. The summed E-state index contributed by atoms with van der Waals surface area (Å²) in [6, 6.07) is 6.15. The summed E-state index contributed by atoms with van der Waals surface area (Å²) in [7, 11) is -0.799. The van der Waals surface area contributed by atoms with Crippen LogP contribution in [0.3, 0.4) is 0 Å². The topological polar surface area (TPSA) is 34.9 Å². The van der Waals surface area contributed by atoms with Crippen molar-refractivity contribution in [1.29, 1.82) is 0 Å². The number of nitrogens with zero attached hydrogens (tertiary/aromatic N) is 2. The fourth-order valence-corrected chi connectivity index (χ4v) is 2.50. The predicted octanol–water partition coefficient (Wildman–Crippen LogP) is 2.46. The highest BCUT2D eigenvalue weighted by Crippen LogP contribution is 2.19. The summed E-state index contributed by atoms with van der Waals surface area (Å²) in [5.74, 6) is 1.85. The second-order valence-corrected chi connectivity index (χ2v) is 5.90. The van der Waals surface area contributed by atoms with Crippen molar-refractivity contribution in [1.82, 2.24) is 9.55 Å². The zero-order valence-corrected chi connectivity index (χ0v) is 11.5. The summed E-state index contributed by atoms with van der Waals surface area (Å²) in [6.07, 6.45) is 1.71. The van der Waals surface area contributed by atoms with Crippen LogP contribution in [0.25, 0.3) is 11.0 Å². The first-order chi connectivity index (χ1) is 8.11. The lowest BCUT2D eigenvalue weighted by atomic mass is 10.2. The molecule has 1 heterocycles. The van der Waals surface area contributed by atoms with E-state index in [2.05, 4.69) is 15.6 Å². The Morgan fingerprint density at radius 2 is 2.24 bits per heavy atom. The number of imidazole rings is 1. The van der Waals surface area contributed by atoms with Gasteiger partial charge in [0, 0.05) is 29.4 Å². The molecule has 0 aliphatic heterocycles. The van der Waals surface area contributed by atoms with Gasteiger partial charge in [-0.15, -0.1) is 11.6 Å². The van der Waals surface area contributed by atoms with Gasteiger partial charge in [-0.3, -0.25) is 4.21 Å². The van der Waals surface area contributed by atoms with Crippen molar-refractivity contribution in [2.24, 2.45) is 0 Å². The zero-order valence-electron chi connectivity index (χ0n) is 9.94. The quantitative estimate of drug-likeness (QED) is 0.800. The van der Waals surface area contributed by atoms with Crippen molar-refractivity contribution in [2.75, 3.05) is 12.0 Å². The summed E-state index contributed by atoms with van der Waals surface area (Å²) >= 11 is 5.90. The SMILES string of the molecule is Cc1ccc2c(c1)nc(CCl)n2CCS(C)=O. The van der Waals surface area contributed by atoms with Gasteiger partial charge in [0.2, 0.25) is 0 Å². The molecule has 0 aliphatic carbocycles. The van der Waals surface area contributed by atoms with Crippen LogP contribution >= 0.6 is 11.6 Å². The van der Waals surface area contributed by atoms with E-state index in [9.17, 15) is 4.21 Å². The average molecular weight is 271 g/mol. The fourth-order valence-electron chi connectivity index (χ4n) is 1.86. The number of fused-ring (bicyclic) bond motifs is 1. The Balaban J connectivity index is 2.47. The van der Waals surface area contributed by atoms with E-state index in [0.717, 1.165) is 16.9 Å². The molecule has 3 nitrogen and oxygen atoms in total. The lowest BCUT2D eigenvalue weighted by Crippen LogP contribution is -2.09. The monoisotopic (exact) mass is 270 g/mol. The molecule has 1 unspecified atom stereocenters. The van der Waals surface area contributed by atoms with E-state index in [-0.39, 0.29) is 0 Å². The molecule has 0 N–H and O–H groups in total. The van der Waals surface area contributed by atoms with Crippen molar-refractivity contribution < 1.29 is 4.21 Å². The minimum Gasteiger partial charge on any atom is -0.326 e. The molecular weight excluding hydrogens is 256 g/mol. The van der Waals surface area contributed by atoms with Gasteiger partial charge < -0.3 is 4.57 Å². The molecule has 1 aromatic heterocycles. The third kappa shape index (κ3) is 2.69. The van der Waals surface area contributed by atoms with E-state index >= 15 is 0 Å². The second-order valence-electron chi connectivity index (χ2n) is 4.08. The molecule has 17 heavy (non-hydrogen) atoms. The number of benzene rings is 1. The van der Waals surface area contributed by atoms with E-state index in [4.69, 9.17) is 11.6 Å². The number of aryl methyl sites for hydroxylation is 2. The molecule has 2 aromatic rings. The van der Waals surface area contributed by atoms with Crippen LogP contribution in [0, 0.1) is 6.92 Å². The second kappa shape index (κ2) is 5.19. The maximum atomic E-state index is 11.2. The van der Waals surface area contributed by atoms with Crippen molar-refractivity contribution in [3.63, 3.8) is 0 Å². The van der Waals surface area contributed by atoms with Gasteiger partial charge in [0.1, 0.15) is 5.82 Å². The van der Waals surface area contributed by atoms with Crippen LogP contribution in [0.5, 0.6) is 0 Å². The molecule has 0 bridgehead atoms. The van der Waals surface area contributed by atoms with Crippen LogP contribution in [0.2, 0.25) is 0 Å². The maximum absolute atomic E-state index is 11.2. The van der Waals surface area contributed by atoms with Crippen molar-refractivity contribution in [3.05, 3.63) is 29.6 Å². The molecule has 0 fully saturated rings. The van der Waals surface area contributed by atoms with Gasteiger partial charge in [0.15, 0.2) is 0 Å². The van der Waals surface area contributed by atoms with Crippen LogP contribution in [-0.4, -0.2) is 25.8 Å². The van der Waals surface area contributed by atoms with Crippen LogP contribution in [0.1, 0.15) is 11.4 Å². The van der Waals surface area contributed by atoms with Crippen LogP contribution in [0.4, 0.5) is 0 Å². The smallest absolute Gasteiger partial charge is 0.124 e. The first-order valence-electron chi connectivity index (χ1n) is 5.43. The molecule has 92 valence electrons. The molecule has 0 radical (unpaired) electrons. The molecule has 5 heteroatoms. The highest BCUT2D eigenvalue weighted by atomic mass is 35.5. The molecule has 0 aliphatic rings. The Morgan fingerprint density at radius 3 is 2.88 bits per heavy atom. The first-order valence-corrected chi connectivity index (χ1v) is 7.69. The molecule has 2 rings (SSSR count). The Hall–Kier alpha value is -0.870. The van der Waals surface area contributed by atoms with E-state index in [1.807, 2.05) is 19.1 Å². The van der Waals surface area contributed by atoms with Gasteiger partial charge in [0.25, 0.3) is 0 Å². The average Bonchev–Trinajstić information content (AvgIpc) is 2.63. The van der Waals surface area contributed by atoms with Gasteiger partial charge >= 0.3 is 0 Å². The lowest BCUT2D eigenvalue weighted by Gasteiger charge is -2.06. The summed E-state index contributed by atoms with van der Waals surface area (Å²) in [5.41, 5.74) is 3.21. The largest absolute Gasteiger partial charge is 0.326 e. The van der Waals surface area contributed by atoms with Crippen LogP contribution < -0.4 is 0 Å². The Morgan fingerprint density at radius 1 is 1.47 bits per heavy atom. The minimum atomic E-state index is -0.799. The number of aromatic nitrogens is 2. The van der Waals surface area contributed by atoms with Crippen LogP contribution in [-0.2, 0) is 23.2 Å². The van der Waals surface area contributed by atoms with Gasteiger partial charge in [0.05, 0.1) is 16.9 Å². The molecule has 0 saturated carbocycles. The molecular formula is C12H15ClN2OS. The van der Waals surface area contributed by atoms with E-state index in [1.54, 1.807) is 6.26 Å². The molecule has 1 atom stereocenters. The van der Waals surface area contributed by atoms with E-state index in [0.29, 0.717) is 18.2 Å². The van der Waals surface area contributed by atoms with Crippen LogP contribution in [0.15, 0.2) is 18.2 Å². The van der Waals surface area contributed by atoms with Crippen molar-refractivity contribution in [3.8, 4) is 0 Å². The Kier molecular flexibility index (Phi) is 3.84.